The fraction of sp³-hybridized carbons (Fsp3) is 0.133. The van der Waals surface area contributed by atoms with Crippen LogP contribution in [0.2, 0.25) is 0 Å². The minimum atomic E-state index is 0.427. The quantitative estimate of drug-likeness (QED) is 0.136. The number of hydrogen-bond donors (Lipinski definition) is 0. The van der Waals surface area contributed by atoms with Crippen molar-refractivity contribution in [2.45, 2.75) is 44.4 Å². The molecule has 0 spiro atoms. The molecule has 0 saturated heterocycles. The van der Waals surface area contributed by atoms with Crippen LogP contribution in [-0.4, -0.2) is 0 Å². The molecule has 1 saturated carbocycles. The van der Waals surface area contributed by atoms with Gasteiger partial charge in [-0.05, 0) is 70.1 Å². The van der Waals surface area contributed by atoms with E-state index in [4.69, 9.17) is 0 Å². The van der Waals surface area contributed by atoms with Gasteiger partial charge in [-0.1, -0.05) is 414 Å². The van der Waals surface area contributed by atoms with Crippen molar-refractivity contribution in [2.75, 3.05) is 0 Å². The van der Waals surface area contributed by atoms with Gasteiger partial charge in [0.1, 0.15) is 0 Å². The predicted octanol–water partition coefficient (Wildman–Crippen LogP) is 22.4. The van der Waals surface area contributed by atoms with E-state index in [9.17, 15) is 0 Å². The summed E-state index contributed by atoms with van der Waals surface area (Å²) in [5.41, 5.74) is 8.63. The van der Waals surface area contributed by atoms with Gasteiger partial charge in [0.05, 0.1) is 0 Å². The Morgan fingerprint density at radius 3 is 0.843 bits per heavy atom. The number of benzene rings is 5. The van der Waals surface area contributed by atoms with Gasteiger partial charge in [-0.15, -0.1) is 0 Å². The van der Waals surface area contributed by atoms with E-state index >= 15 is 0 Å². The molecule has 0 heteroatoms. The Morgan fingerprint density at radius 1 is 0.253 bits per heavy atom. The van der Waals surface area contributed by atoms with Crippen molar-refractivity contribution in [2.24, 2.45) is 23.7 Å². The summed E-state index contributed by atoms with van der Waals surface area (Å²) >= 11 is 0. The lowest BCUT2D eigenvalue weighted by atomic mass is 9.80. The molecule has 0 N–H and O–H groups in total. The van der Waals surface area contributed by atoms with Crippen molar-refractivity contribution in [3.05, 3.63) is 423 Å². The monoisotopic (exact) mass is 1080 g/mol. The molecule has 1 fully saturated rings. The van der Waals surface area contributed by atoms with Crippen molar-refractivity contribution in [1.29, 1.82) is 0 Å². The topological polar surface area (TPSA) is 0 Å². The number of rotatable bonds is 8. The summed E-state index contributed by atoms with van der Waals surface area (Å²) in [6.45, 7) is 0. The molecule has 5 aromatic rings. The summed E-state index contributed by atoms with van der Waals surface area (Å²) in [7, 11) is 0. The third kappa shape index (κ3) is 24.1. The minimum absolute atomic E-state index is 0.427. The molecule has 7 aliphatic rings. The van der Waals surface area contributed by atoms with Gasteiger partial charge >= 0.3 is 0 Å². The van der Waals surface area contributed by atoms with Crippen LogP contribution < -0.4 is 0 Å². The maximum atomic E-state index is 2.36. The van der Waals surface area contributed by atoms with E-state index in [0.29, 0.717) is 23.7 Å². The molecule has 0 heterocycles. The summed E-state index contributed by atoms with van der Waals surface area (Å²) in [6, 6.07) is 52.8. The molecule has 0 nitrogen and oxygen atoms in total. The lowest BCUT2D eigenvalue weighted by Crippen LogP contribution is -2.14. The second-order valence-electron chi connectivity index (χ2n) is 20.3. The summed E-state index contributed by atoms with van der Waals surface area (Å²) in [6.07, 6.45) is 92.9. The van der Waals surface area contributed by atoms with Crippen molar-refractivity contribution >= 4 is 11.1 Å². The maximum Gasteiger partial charge on any atom is 0.0204 e. The Bertz CT molecular complexity index is 2950. The molecule has 0 radical (unpaired) electrons. The average Bonchev–Trinajstić information content (AvgIpc) is 4.36. The lowest BCUT2D eigenvalue weighted by Gasteiger charge is -2.25. The highest BCUT2D eigenvalue weighted by Gasteiger charge is 2.19. The Labute approximate surface area is 499 Å². The van der Waals surface area contributed by atoms with Gasteiger partial charge < -0.3 is 0 Å². The van der Waals surface area contributed by atoms with Crippen LogP contribution >= 0.6 is 0 Å². The van der Waals surface area contributed by atoms with E-state index in [-0.39, 0.29) is 0 Å². The van der Waals surface area contributed by atoms with Crippen molar-refractivity contribution < 1.29 is 0 Å². The Balaban J connectivity index is 0.000000154. The Hall–Kier alpha value is -9.36. The molecule has 0 aliphatic heterocycles. The van der Waals surface area contributed by atoms with Crippen LogP contribution in [0.3, 0.4) is 0 Å². The zero-order chi connectivity index (χ0) is 57.1. The first-order valence-electron chi connectivity index (χ1n) is 29.7. The zero-order valence-corrected chi connectivity index (χ0v) is 48.2. The highest BCUT2D eigenvalue weighted by molar-refractivity contribution is 5.86. The third-order valence-electron chi connectivity index (χ3n) is 14.3. The van der Waals surface area contributed by atoms with Crippen LogP contribution in [0.15, 0.2) is 395 Å². The van der Waals surface area contributed by atoms with E-state index < -0.39 is 0 Å². The fourth-order valence-electron chi connectivity index (χ4n) is 9.93. The van der Waals surface area contributed by atoms with Crippen molar-refractivity contribution in [1.82, 2.24) is 0 Å². The molecule has 0 unspecified atom stereocenters. The summed E-state index contributed by atoms with van der Waals surface area (Å²) in [4.78, 5) is 0. The van der Waals surface area contributed by atoms with Gasteiger partial charge in [-0.25, -0.2) is 0 Å². The second-order valence-corrected chi connectivity index (χ2v) is 20.3. The number of hydrogen-bond acceptors (Lipinski definition) is 0. The largest absolute Gasteiger partial charge is 0.0807 e. The summed E-state index contributed by atoms with van der Waals surface area (Å²) in [5, 5.41) is 0. The third-order valence-corrected chi connectivity index (χ3v) is 14.3. The van der Waals surface area contributed by atoms with E-state index in [1.54, 1.807) is 0 Å². The van der Waals surface area contributed by atoms with Crippen LogP contribution in [0.25, 0.3) is 11.1 Å². The molecule has 0 amide bonds. The van der Waals surface area contributed by atoms with Crippen LogP contribution in [0, 0.1) is 23.7 Å². The first-order chi connectivity index (χ1) is 41.3. The highest BCUT2D eigenvalue weighted by Crippen LogP contribution is 2.32. The van der Waals surface area contributed by atoms with Gasteiger partial charge in [-0.3, -0.25) is 0 Å². The van der Waals surface area contributed by atoms with Crippen LogP contribution in [-0.2, 0) is 0 Å². The molecule has 83 heavy (non-hydrogen) atoms. The van der Waals surface area contributed by atoms with Crippen molar-refractivity contribution in [3.63, 3.8) is 0 Å². The second kappa shape index (κ2) is 39.1. The van der Waals surface area contributed by atoms with Gasteiger partial charge in [-0.2, -0.15) is 0 Å². The molecule has 414 valence electrons. The molecule has 0 aromatic heterocycles. The van der Waals surface area contributed by atoms with E-state index in [1.807, 2.05) is 66.8 Å². The van der Waals surface area contributed by atoms with E-state index in [0.717, 1.165) is 12.3 Å². The van der Waals surface area contributed by atoms with Gasteiger partial charge in [0.15, 0.2) is 0 Å². The fourth-order valence-corrected chi connectivity index (χ4v) is 9.93. The lowest BCUT2D eigenvalue weighted by molar-refractivity contribution is 0.318. The summed E-state index contributed by atoms with van der Waals surface area (Å²) < 4.78 is 0. The van der Waals surface area contributed by atoms with Gasteiger partial charge in [0.25, 0.3) is 0 Å². The van der Waals surface area contributed by atoms with Crippen LogP contribution in [0.4, 0.5) is 0 Å². The maximum absolute atomic E-state index is 2.36. The normalized spacial score (nSPS) is 17.2. The Morgan fingerprint density at radius 2 is 0.518 bits per heavy atom. The summed E-state index contributed by atoms with van der Waals surface area (Å²) in [5.74, 6) is 3.02. The zero-order valence-electron chi connectivity index (χ0n) is 48.2. The highest BCUT2D eigenvalue weighted by atomic mass is 14.2. The van der Waals surface area contributed by atoms with Crippen molar-refractivity contribution in [3.8, 4) is 0 Å². The smallest absolute Gasteiger partial charge is 0.0204 e. The molecule has 7 aliphatic carbocycles. The SMILES string of the molecule is C(C=C(c1ccccc1)c1ccccc1)=C(c1ccccc1)c1ccccc1.C1=C/C=C\C=C/C=C1.C1=CC=CC(C2C=CC=CC=C2)C=C1.C1=CC=CC(C2CCCCC2)C=C1.C1=CC=CC(c2ccccc2)C=C1.C1=CC=CCC=C1. The average molecular weight is 1080 g/mol. The van der Waals surface area contributed by atoms with Gasteiger partial charge in [0, 0.05) is 17.8 Å². The molecule has 0 bridgehead atoms. The predicted molar refractivity (Wildman–Crippen MR) is 364 cm³/mol. The van der Waals surface area contributed by atoms with Crippen LogP contribution in [0.1, 0.15) is 72.3 Å². The standard InChI is InChI=1S/C28H22.C14H14.C13H18.C13H12.C8H8.C7H8/c1-5-13-23(14-6-1)27(24-15-7-2-8-16-24)21-22-28(25-17-9-3-10-18-25)26-19-11-4-12-20-26;1-2-6-10-13(9-5-1)14-11-7-3-4-8-12-14;2*1-2-5-9-12(8-4-1)13-10-6-3-7-11-13;1-2-4-6-8-7-5-3-1;1-2-4-6-7-5-3-1/h1-22H;1-14H;1-2,4-5,8-9,12-13H,3,6-7,10-11H2;1-12H;1-8H;1-6H,7H2/b;;;;2-1-,3-1?,4-2?,5-3-,6-4?,7-5?,8-6?,8-7?;. The molecular weight excluding hydrogens is 997 g/mol. The van der Waals surface area contributed by atoms with Crippen LogP contribution in [0.5, 0.6) is 0 Å². The molecule has 5 aromatic carbocycles. The molecular formula is C83H82. The van der Waals surface area contributed by atoms with Gasteiger partial charge in [0.2, 0.25) is 0 Å². The number of allylic oxidation sites excluding steroid dienone is 40. The van der Waals surface area contributed by atoms with E-state index in [2.05, 4.69) is 328 Å². The molecule has 12 rings (SSSR count). The minimum Gasteiger partial charge on any atom is -0.0807 e. The first-order valence-corrected chi connectivity index (χ1v) is 29.7. The first kappa shape index (κ1) is 61.3. The van der Waals surface area contributed by atoms with E-state index in [1.165, 1.54) is 71.1 Å². The Kier molecular flexibility index (Phi) is 28.9. The molecule has 0 atom stereocenters.